The van der Waals surface area contributed by atoms with Crippen molar-refractivity contribution in [3.8, 4) is 5.75 Å². The number of nitrogens with zero attached hydrogens (tertiary/aromatic N) is 1. The Labute approximate surface area is 142 Å². The molecule has 1 heterocycles. The Morgan fingerprint density at radius 3 is 2.40 bits per heavy atom. The fourth-order valence-corrected chi connectivity index (χ4v) is 2.92. The molecule has 0 saturated carbocycles. The van der Waals surface area contributed by atoms with Crippen molar-refractivity contribution in [1.82, 2.24) is 4.57 Å². The van der Waals surface area contributed by atoms with Crippen LogP contribution in [0.2, 0.25) is 0 Å². The van der Waals surface area contributed by atoms with Crippen LogP contribution in [0.25, 0.3) is 10.9 Å². The van der Waals surface area contributed by atoms with Crippen molar-refractivity contribution in [2.75, 3.05) is 0 Å². The van der Waals surface area contributed by atoms with Crippen molar-refractivity contribution in [2.24, 2.45) is 0 Å². The zero-order valence-corrected chi connectivity index (χ0v) is 13.3. The molecule has 3 rings (SSSR count). The Kier molecular flexibility index (Phi) is 4.53. The van der Waals surface area contributed by atoms with Crippen molar-refractivity contribution < 1.29 is 18.3 Å². The second kappa shape index (κ2) is 6.63. The summed E-state index contributed by atoms with van der Waals surface area (Å²) in [5.74, 6) is -0.178. The first-order valence-electron chi connectivity index (χ1n) is 7.84. The van der Waals surface area contributed by atoms with Gasteiger partial charge in [0.1, 0.15) is 5.75 Å². The van der Waals surface area contributed by atoms with Gasteiger partial charge in [0.15, 0.2) is 0 Å². The summed E-state index contributed by atoms with van der Waals surface area (Å²) in [6, 6.07) is 13.9. The summed E-state index contributed by atoms with van der Waals surface area (Å²) in [6.45, 7) is 0.270. The molecule has 0 aliphatic heterocycles. The molecule has 0 saturated heterocycles. The number of phenolic OH excluding ortho intramolecular Hbond substituents is 1. The Bertz CT molecular complexity index is 947. The zero-order valence-electron chi connectivity index (χ0n) is 13.3. The van der Waals surface area contributed by atoms with Gasteiger partial charge in [-0.25, -0.2) is 0 Å². The molecule has 0 spiro atoms. The number of hydrogen-bond donors (Lipinski definition) is 1. The first-order chi connectivity index (χ1) is 11.9. The fourth-order valence-electron chi connectivity index (χ4n) is 2.92. The molecule has 25 heavy (non-hydrogen) atoms. The highest BCUT2D eigenvalue weighted by atomic mass is 19.4. The normalized spacial score (nSPS) is 11.8. The topological polar surface area (TPSA) is 42.2 Å². The van der Waals surface area contributed by atoms with Crippen molar-refractivity contribution in [2.45, 2.75) is 25.6 Å². The smallest absolute Gasteiger partial charge is 0.417 e. The Balaban J connectivity index is 1.99. The lowest BCUT2D eigenvalue weighted by Gasteiger charge is -2.15. The van der Waals surface area contributed by atoms with E-state index in [4.69, 9.17) is 0 Å². The van der Waals surface area contributed by atoms with Gasteiger partial charge in [0.2, 0.25) is 0 Å². The van der Waals surface area contributed by atoms with Crippen LogP contribution in [0.4, 0.5) is 13.2 Å². The minimum Gasteiger partial charge on any atom is -0.508 e. The standard InChI is InChI=1S/C19H16F3NO2/c20-19(21,22)16-12-18(25)23(17-11-14(24)8-9-15(16)17)10-4-7-13-5-2-1-3-6-13/h1-3,5-6,8-9,11-12,24H,4,7,10H2. The molecule has 0 aliphatic carbocycles. The van der Waals surface area contributed by atoms with Crippen LogP contribution in [-0.4, -0.2) is 9.67 Å². The van der Waals surface area contributed by atoms with E-state index in [1.165, 1.54) is 22.8 Å². The molecular formula is C19H16F3NO2. The molecule has 0 aliphatic rings. The highest BCUT2D eigenvalue weighted by Crippen LogP contribution is 2.34. The van der Waals surface area contributed by atoms with Gasteiger partial charge in [0.25, 0.3) is 5.56 Å². The molecule has 1 N–H and O–H groups in total. The zero-order chi connectivity index (χ0) is 18.0. The predicted molar refractivity (Wildman–Crippen MR) is 89.6 cm³/mol. The second-order valence-electron chi connectivity index (χ2n) is 5.84. The van der Waals surface area contributed by atoms with Gasteiger partial charge in [-0.05, 0) is 30.5 Å². The number of aromatic nitrogens is 1. The molecule has 130 valence electrons. The minimum atomic E-state index is -4.63. The predicted octanol–water partition coefficient (Wildman–Crippen LogP) is 4.36. The first-order valence-corrected chi connectivity index (χ1v) is 7.84. The van der Waals surface area contributed by atoms with Crippen LogP contribution < -0.4 is 5.56 Å². The lowest BCUT2D eigenvalue weighted by Crippen LogP contribution is -2.23. The third kappa shape index (κ3) is 3.68. The van der Waals surface area contributed by atoms with Crippen LogP contribution in [0.15, 0.2) is 59.4 Å². The number of pyridine rings is 1. The maximum absolute atomic E-state index is 13.2. The number of hydrogen-bond acceptors (Lipinski definition) is 2. The van der Waals surface area contributed by atoms with Crippen molar-refractivity contribution in [1.29, 1.82) is 0 Å². The maximum atomic E-state index is 13.2. The summed E-state index contributed by atoms with van der Waals surface area (Å²) in [5, 5.41) is 9.55. The van der Waals surface area contributed by atoms with Gasteiger partial charge in [-0.1, -0.05) is 30.3 Å². The van der Waals surface area contributed by atoms with E-state index in [0.717, 1.165) is 5.56 Å². The number of phenols is 1. The lowest BCUT2D eigenvalue weighted by atomic mass is 10.1. The number of benzene rings is 2. The number of rotatable bonds is 4. The monoisotopic (exact) mass is 347 g/mol. The molecule has 1 aromatic heterocycles. The van der Waals surface area contributed by atoms with Gasteiger partial charge in [0, 0.05) is 24.1 Å². The summed E-state index contributed by atoms with van der Waals surface area (Å²) in [6.07, 6.45) is -3.33. The number of aryl methyl sites for hydroxylation is 2. The van der Waals surface area contributed by atoms with Gasteiger partial charge < -0.3 is 9.67 Å². The quantitative estimate of drug-likeness (QED) is 0.762. The number of halogens is 3. The third-order valence-corrected chi connectivity index (χ3v) is 4.09. The molecule has 0 atom stereocenters. The van der Waals surface area contributed by atoms with Crippen molar-refractivity contribution in [3.63, 3.8) is 0 Å². The summed E-state index contributed by atoms with van der Waals surface area (Å²) in [7, 11) is 0. The van der Waals surface area contributed by atoms with Gasteiger partial charge in [-0.2, -0.15) is 13.2 Å². The van der Waals surface area contributed by atoms with Crippen LogP contribution in [0, 0.1) is 0 Å². The van der Waals surface area contributed by atoms with E-state index in [0.29, 0.717) is 18.9 Å². The van der Waals surface area contributed by atoms with E-state index in [1.807, 2.05) is 30.3 Å². The second-order valence-corrected chi connectivity index (χ2v) is 5.84. The van der Waals surface area contributed by atoms with Crippen LogP contribution in [0.3, 0.4) is 0 Å². The summed E-state index contributed by atoms with van der Waals surface area (Å²) in [4.78, 5) is 12.2. The lowest BCUT2D eigenvalue weighted by molar-refractivity contribution is -0.136. The van der Waals surface area contributed by atoms with E-state index in [-0.39, 0.29) is 23.2 Å². The minimum absolute atomic E-state index is 0.0906. The average molecular weight is 347 g/mol. The molecule has 0 amide bonds. The van der Waals surface area contributed by atoms with E-state index in [9.17, 15) is 23.1 Å². The van der Waals surface area contributed by atoms with Crippen LogP contribution in [-0.2, 0) is 19.1 Å². The molecule has 0 radical (unpaired) electrons. The SMILES string of the molecule is O=c1cc(C(F)(F)F)c2ccc(O)cc2n1CCCc1ccccc1. The van der Waals surface area contributed by atoms with Crippen LogP contribution >= 0.6 is 0 Å². The largest absolute Gasteiger partial charge is 0.508 e. The van der Waals surface area contributed by atoms with E-state index in [1.54, 1.807) is 0 Å². The van der Waals surface area contributed by atoms with Crippen molar-refractivity contribution in [3.05, 3.63) is 76.1 Å². The molecule has 6 heteroatoms. The average Bonchev–Trinajstić information content (AvgIpc) is 2.56. The van der Waals surface area contributed by atoms with Gasteiger partial charge in [-0.15, -0.1) is 0 Å². The number of fused-ring (bicyclic) bond motifs is 1. The Hall–Kier alpha value is -2.76. The van der Waals surface area contributed by atoms with Gasteiger partial charge in [-0.3, -0.25) is 4.79 Å². The van der Waals surface area contributed by atoms with Crippen molar-refractivity contribution >= 4 is 10.9 Å². The Morgan fingerprint density at radius 2 is 1.72 bits per heavy atom. The third-order valence-electron chi connectivity index (χ3n) is 4.09. The maximum Gasteiger partial charge on any atom is 0.417 e. The van der Waals surface area contributed by atoms with Crippen LogP contribution in [0.1, 0.15) is 17.5 Å². The molecule has 2 aromatic carbocycles. The molecule has 0 bridgehead atoms. The molecule has 3 aromatic rings. The molecule has 0 fully saturated rings. The summed E-state index contributed by atoms with van der Waals surface area (Å²) < 4.78 is 40.9. The fraction of sp³-hybridized carbons (Fsp3) is 0.211. The Morgan fingerprint density at radius 1 is 1.00 bits per heavy atom. The van der Waals surface area contributed by atoms with Crippen LogP contribution in [0.5, 0.6) is 5.75 Å². The van der Waals surface area contributed by atoms with E-state index < -0.39 is 17.3 Å². The summed E-state index contributed by atoms with van der Waals surface area (Å²) >= 11 is 0. The number of aromatic hydroxyl groups is 1. The highest BCUT2D eigenvalue weighted by molar-refractivity contribution is 5.84. The number of alkyl halides is 3. The van der Waals surface area contributed by atoms with Gasteiger partial charge in [0.05, 0.1) is 11.1 Å². The molecular weight excluding hydrogens is 331 g/mol. The first kappa shape index (κ1) is 17.1. The highest BCUT2D eigenvalue weighted by Gasteiger charge is 2.33. The van der Waals surface area contributed by atoms with E-state index >= 15 is 0 Å². The molecule has 3 nitrogen and oxygen atoms in total. The summed E-state index contributed by atoms with van der Waals surface area (Å²) in [5.41, 5.74) is -0.521. The molecule has 0 unspecified atom stereocenters. The van der Waals surface area contributed by atoms with Gasteiger partial charge >= 0.3 is 6.18 Å². The van der Waals surface area contributed by atoms with E-state index in [2.05, 4.69) is 0 Å².